The topological polar surface area (TPSA) is 95.1 Å². The molecule has 2 amide bonds. The van der Waals surface area contributed by atoms with E-state index in [4.69, 9.17) is 18.9 Å². The van der Waals surface area contributed by atoms with Gasteiger partial charge in [-0.15, -0.1) is 0 Å². The number of rotatable bonds is 29. The van der Waals surface area contributed by atoms with Gasteiger partial charge in [-0.3, -0.25) is 0 Å². The largest absolute Gasteiger partial charge is 0.450 e. The molecule has 0 heterocycles. The minimum absolute atomic E-state index is 0.0237. The first-order valence-electron chi connectivity index (χ1n) is 19.9. The number of hydrogen-bond donors (Lipinski definition) is 2. The van der Waals surface area contributed by atoms with E-state index >= 15 is 0 Å². The summed E-state index contributed by atoms with van der Waals surface area (Å²) < 4.78 is 21.4. The highest BCUT2D eigenvalue weighted by Crippen LogP contribution is 2.45. The van der Waals surface area contributed by atoms with Gasteiger partial charge in [-0.2, -0.15) is 0 Å². The summed E-state index contributed by atoms with van der Waals surface area (Å²) in [6, 6.07) is 0.0237. The zero-order chi connectivity index (χ0) is 35.5. The van der Waals surface area contributed by atoms with Crippen LogP contribution >= 0.6 is 0 Å². The predicted octanol–water partition coefficient (Wildman–Crippen LogP) is 10.6. The Bertz CT molecular complexity index is 809. The Balaban J connectivity index is 2.25. The van der Waals surface area contributed by atoms with Crippen molar-refractivity contribution in [1.29, 1.82) is 0 Å². The SMILES string of the molecule is CCC(CCCCCOC)CCCCCOC(=O)NCC1(C)CC(NC(=O)OCCCCCC(CC)CCCCCOC)CC(C)(C)C1. The van der Waals surface area contributed by atoms with Gasteiger partial charge >= 0.3 is 12.2 Å². The van der Waals surface area contributed by atoms with E-state index in [1.54, 1.807) is 14.2 Å². The molecule has 0 aromatic rings. The first kappa shape index (κ1) is 44.5. The molecule has 1 fully saturated rings. The molecule has 0 aliphatic heterocycles. The minimum Gasteiger partial charge on any atom is -0.450 e. The van der Waals surface area contributed by atoms with Crippen LogP contribution in [0.25, 0.3) is 0 Å². The van der Waals surface area contributed by atoms with Crippen molar-refractivity contribution in [2.24, 2.45) is 22.7 Å². The molecule has 0 bridgehead atoms. The monoisotopic (exact) mass is 683 g/mol. The second-order valence-corrected chi connectivity index (χ2v) is 16.0. The van der Waals surface area contributed by atoms with Crippen molar-refractivity contribution >= 4 is 12.2 Å². The van der Waals surface area contributed by atoms with Gasteiger partial charge in [-0.25, -0.2) is 9.59 Å². The van der Waals surface area contributed by atoms with Gasteiger partial charge in [0.15, 0.2) is 0 Å². The van der Waals surface area contributed by atoms with Crippen molar-refractivity contribution in [2.75, 3.05) is 47.2 Å². The standard InChI is InChI=1S/C40H78N2O6/c1-8-34(22-14-10-18-26-45-6)24-16-12-20-28-47-37(43)41-33-40(5)31-36(30-39(3,4)32-40)42-38(44)48-29-21-13-17-25-35(9-2)23-15-11-19-27-46-7/h34-36H,8-33H2,1-7H3,(H,41,43)(H,42,44). The molecule has 0 saturated heterocycles. The molecule has 8 heteroatoms. The van der Waals surface area contributed by atoms with Crippen LogP contribution in [0.1, 0.15) is 169 Å². The lowest BCUT2D eigenvalue weighted by Gasteiger charge is -2.46. The molecule has 1 rings (SSSR count). The van der Waals surface area contributed by atoms with E-state index in [0.29, 0.717) is 19.8 Å². The van der Waals surface area contributed by atoms with Gasteiger partial charge < -0.3 is 29.6 Å². The number of alkyl carbamates (subject to hydrolysis) is 2. The molecule has 284 valence electrons. The molecule has 2 N–H and O–H groups in total. The molecule has 1 aliphatic rings. The molecule has 4 unspecified atom stereocenters. The third-order valence-corrected chi connectivity index (χ3v) is 10.5. The maximum atomic E-state index is 12.7. The third-order valence-electron chi connectivity index (χ3n) is 10.5. The fourth-order valence-electron chi connectivity index (χ4n) is 7.99. The summed E-state index contributed by atoms with van der Waals surface area (Å²) >= 11 is 0. The summed E-state index contributed by atoms with van der Waals surface area (Å²) in [5.74, 6) is 1.61. The van der Waals surface area contributed by atoms with Crippen LogP contribution in [0.5, 0.6) is 0 Å². The second kappa shape index (κ2) is 27.2. The maximum Gasteiger partial charge on any atom is 0.407 e. The highest BCUT2D eigenvalue weighted by atomic mass is 16.6. The Kier molecular flexibility index (Phi) is 25.2. The van der Waals surface area contributed by atoms with Crippen molar-refractivity contribution in [3.8, 4) is 0 Å². The molecular weight excluding hydrogens is 604 g/mol. The fraction of sp³-hybridized carbons (Fsp3) is 0.950. The molecule has 0 spiro atoms. The zero-order valence-electron chi connectivity index (χ0n) is 32.6. The minimum atomic E-state index is -0.335. The smallest absolute Gasteiger partial charge is 0.407 e. The number of amides is 2. The summed E-state index contributed by atoms with van der Waals surface area (Å²) in [5.41, 5.74) is -0.0760. The van der Waals surface area contributed by atoms with Crippen molar-refractivity contribution in [3.63, 3.8) is 0 Å². The number of methoxy groups -OCH3 is 2. The Morgan fingerprint density at radius 2 is 1.06 bits per heavy atom. The molecule has 0 radical (unpaired) electrons. The first-order valence-corrected chi connectivity index (χ1v) is 19.9. The summed E-state index contributed by atoms with van der Waals surface area (Å²) in [4.78, 5) is 25.2. The molecule has 48 heavy (non-hydrogen) atoms. The molecule has 1 aliphatic carbocycles. The first-order chi connectivity index (χ1) is 23.1. The number of hydrogen-bond acceptors (Lipinski definition) is 6. The van der Waals surface area contributed by atoms with E-state index in [2.05, 4.69) is 45.3 Å². The van der Waals surface area contributed by atoms with E-state index in [1.165, 1.54) is 77.0 Å². The van der Waals surface area contributed by atoms with Crippen LogP contribution in [0.4, 0.5) is 9.59 Å². The number of unbranched alkanes of at least 4 members (excludes halogenated alkanes) is 8. The molecule has 4 atom stereocenters. The van der Waals surface area contributed by atoms with E-state index in [1.807, 2.05) is 0 Å². The van der Waals surface area contributed by atoms with E-state index in [-0.39, 0.29) is 29.1 Å². The van der Waals surface area contributed by atoms with Gasteiger partial charge in [0, 0.05) is 40.0 Å². The van der Waals surface area contributed by atoms with Crippen molar-refractivity contribution < 1.29 is 28.5 Å². The molecule has 0 aromatic heterocycles. The lowest BCUT2D eigenvalue weighted by molar-refractivity contribution is 0.0621. The Hall–Kier alpha value is -1.54. The quantitative estimate of drug-likeness (QED) is 0.0763. The second-order valence-electron chi connectivity index (χ2n) is 16.0. The predicted molar refractivity (Wildman–Crippen MR) is 199 cm³/mol. The lowest BCUT2D eigenvalue weighted by Crippen LogP contribution is -2.50. The van der Waals surface area contributed by atoms with Crippen molar-refractivity contribution in [3.05, 3.63) is 0 Å². The van der Waals surface area contributed by atoms with Gasteiger partial charge in [0.25, 0.3) is 0 Å². The molecule has 8 nitrogen and oxygen atoms in total. The van der Waals surface area contributed by atoms with Crippen LogP contribution in [0.2, 0.25) is 0 Å². The number of ether oxygens (including phenoxy) is 4. The maximum absolute atomic E-state index is 12.7. The Morgan fingerprint density at radius 3 is 1.50 bits per heavy atom. The molecular formula is C40H78N2O6. The zero-order valence-corrected chi connectivity index (χ0v) is 32.6. The summed E-state index contributed by atoms with van der Waals surface area (Å²) in [7, 11) is 3.54. The van der Waals surface area contributed by atoms with Gasteiger partial charge in [-0.1, -0.05) is 125 Å². The van der Waals surface area contributed by atoms with Crippen LogP contribution < -0.4 is 10.6 Å². The van der Waals surface area contributed by atoms with Crippen molar-refractivity contribution in [2.45, 2.75) is 175 Å². The summed E-state index contributed by atoms with van der Waals surface area (Å²) in [5, 5.41) is 6.17. The number of carbonyl (C=O) groups is 2. The third kappa shape index (κ3) is 23.0. The van der Waals surface area contributed by atoms with Crippen molar-refractivity contribution in [1.82, 2.24) is 10.6 Å². The van der Waals surface area contributed by atoms with E-state index in [9.17, 15) is 9.59 Å². The van der Waals surface area contributed by atoms with E-state index in [0.717, 1.165) is 82.8 Å². The van der Waals surface area contributed by atoms with Gasteiger partial charge in [-0.05, 0) is 67.6 Å². The summed E-state index contributed by atoms with van der Waals surface area (Å²) in [6.07, 6.45) is 23.5. The average Bonchev–Trinajstić information content (AvgIpc) is 3.03. The van der Waals surface area contributed by atoms with Gasteiger partial charge in [0.2, 0.25) is 0 Å². The molecule has 0 aromatic carbocycles. The Morgan fingerprint density at radius 1 is 0.625 bits per heavy atom. The number of carbonyl (C=O) groups excluding carboxylic acids is 2. The fourth-order valence-corrected chi connectivity index (χ4v) is 7.99. The van der Waals surface area contributed by atoms with Gasteiger partial charge in [0.1, 0.15) is 0 Å². The van der Waals surface area contributed by atoms with Crippen LogP contribution in [0.15, 0.2) is 0 Å². The normalized spacial score (nSPS) is 20.2. The summed E-state index contributed by atoms with van der Waals surface area (Å²) in [6.45, 7) is 14.5. The van der Waals surface area contributed by atoms with Crippen LogP contribution in [-0.4, -0.2) is 65.4 Å². The van der Waals surface area contributed by atoms with E-state index < -0.39 is 0 Å². The number of nitrogens with one attached hydrogen (secondary N) is 2. The lowest BCUT2D eigenvalue weighted by atomic mass is 9.62. The highest BCUT2D eigenvalue weighted by molar-refractivity contribution is 5.68. The van der Waals surface area contributed by atoms with Crippen LogP contribution in [0.3, 0.4) is 0 Å². The highest BCUT2D eigenvalue weighted by Gasteiger charge is 2.42. The van der Waals surface area contributed by atoms with Crippen LogP contribution in [0, 0.1) is 22.7 Å². The Labute approximate surface area is 296 Å². The van der Waals surface area contributed by atoms with Gasteiger partial charge in [0.05, 0.1) is 13.2 Å². The molecule has 1 saturated carbocycles. The van der Waals surface area contributed by atoms with Crippen LogP contribution in [-0.2, 0) is 18.9 Å². The average molecular weight is 683 g/mol.